The van der Waals surface area contributed by atoms with Crippen LogP contribution in [0.5, 0.6) is 0 Å². The number of pyridine rings is 1. The summed E-state index contributed by atoms with van der Waals surface area (Å²) < 4.78 is 0. The van der Waals surface area contributed by atoms with E-state index in [1.54, 1.807) is 12.4 Å². The first kappa shape index (κ1) is 11.5. The van der Waals surface area contributed by atoms with E-state index in [0.717, 1.165) is 24.7 Å². The minimum Gasteiger partial charge on any atom is -0.298 e. The first-order valence-electron chi connectivity index (χ1n) is 5.78. The van der Waals surface area contributed by atoms with Crippen molar-refractivity contribution in [3.8, 4) is 0 Å². The molecule has 0 bridgehead atoms. The lowest BCUT2D eigenvalue weighted by molar-refractivity contribution is 0.112. The van der Waals surface area contributed by atoms with Gasteiger partial charge in [-0.3, -0.25) is 9.78 Å². The van der Waals surface area contributed by atoms with E-state index in [2.05, 4.69) is 36.2 Å². The minimum atomic E-state index is 0.632. The summed E-state index contributed by atoms with van der Waals surface area (Å²) >= 11 is 0. The molecule has 86 valence electrons. The van der Waals surface area contributed by atoms with Gasteiger partial charge in [0.05, 0.1) is 0 Å². The van der Waals surface area contributed by atoms with Crippen LogP contribution in [-0.2, 0) is 12.8 Å². The molecule has 0 spiro atoms. The topological polar surface area (TPSA) is 30.0 Å². The smallest absolute Gasteiger partial charge is 0.151 e. The number of nitrogens with zero attached hydrogens (tertiary/aromatic N) is 1. The summed E-state index contributed by atoms with van der Waals surface area (Å²) in [4.78, 5) is 14.7. The van der Waals surface area contributed by atoms with E-state index in [9.17, 15) is 4.79 Å². The van der Waals surface area contributed by atoms with E-state index in [4.69, 9.17) is 0 Å². The van der Waals surface area contributed by atoms with Crippen LogP contribution in [0.3, 0.4) is 0 Å². The maximum Gasteiger partial charge on any atom is 0.151 e. The summed E-state index contributed by atoms with van der Waals surface area (Å²) in [5, 5.41) is 0. The molecule has 17 heavy (non-hydrogen) atoms. The lowest BCUT2D eigenvalue weighted by Crippen LogP contribution is -1.92. The Morgan fingerprint density at radius 1 is 1.06 bits per heavy atom. The third-order valence-corrected chi connectivity index (χ3v) is 2.79. The van der Waals surface area contributed by atoms with Crippen molar-refractivity contribution in [2.24, 2.45) is 0 Å². The predicted octanol–water partition coefficient (Wildman–Crippen LogP) is 3.05. The molecule has 2 aromatic rings. The highest BCUT2D eigenvalue weighted by atomic mass is 16.1. The second-order valence-corrected chi connectivity index (χ2v) is 4.09. The molecule has 0 aliphatic rings. The molecule has 0 N–H and O–H groups in total. The summed E-state index contributed by atoms with van der Waals surface area (Å²) in [6.07, 6.45) is 6.09. The van der Waals surface area contributed by atoms with Crippen molar-refractivity contribution in [3.63, 3.8) is 0 Å². The standard InChI is InChI=1S/C15H15NO/c1-2-12-3-5-13(6-4-12)7-14-8-15(11-17)10-16-9-14/h3-6,8-11H,2,7H2,1H3. The highest BCUT2D eigenvalue weighted by molar-refractivity contribution is 5.74. The SMILES string of the molecule is CCc1ccc(Cc2cncc(C=O)c2)cc1. The molecule has 0 saturated carbocycles. The summed E-state index contributed by atoms with van der Waals surface area (Å²) in [6, 6.07) is 10.4. The number of carbonyl (C=O) groups excluding carboxylic acids is 1. The Labute approximate surface area is 101 Å². The van der Waals surface area contributed by atoms with E-state index >= 15 is 0 Å². The number of hydrogen-bond acceptors (Lipinski definition) is 2. The molecular formula is C15H15NO. The lowest BCUT2D eigenvalue weighted by atomic mass is 10.0. The van der Waals surface area contributed by atoms with Gasteiger partial charge < -0.3 is 0 Å². The van der Waals surface area contributed by atoms with Gasteiger partial charge in [0.25, 0.3) is 0 Å². The molecule has 1 heterocycles. The van der Waals surface area contributed by atoms with Crippen LogP contribution in [0.2, 0.25) is 0 Å². The van der Waals surface area contributed by atoms with Gasteiger partial charge in [-0.05, 0) is 35.6 Å². The number of carbonyl (C=O) groups is 1. The van der Waals surface area contributed by atoms with Crippen LogP contribution in [0, 0.1) is 0 Å². The molecule has 0 atom stereocenters. The average Bonchev–Trinajstić information content (AvgIpc) is 2.40. The third-order valence-electron chi connectivity index (χ3n) is 2.79. The van der Waals surface area contributed by atoms with E-state index < -0.39 is 0 Å². The van der Waals surface area contributed by atoms with Crippen LogP contribution >= 0.6 is 0 Å². The largest absolute Gasteiger partial charge is 0.298 e. The Hall–Kier alpha value is -1.96. The Morgan fingerprint density at radius 3 is 2.41 bits per heavy atom. The molecule has 0 aliphatic heterocycles. The summed E-state index contributed by atoms with van der Waals surface area (Å²) in [5.74, 6) is 0. The van der Waals surface area contributed by atoms with Crippen molar-refractivity contribution in [2.75, 3.05) is 0 Å². The van der Waals surface area contributed by atoms with Crippen LogP contribution in [0.4, 0.5) is 0 Å². The van der Waals surface area contributed by atoms with Crippen LogP contribution in [0.15, 0.2) is 42.7 Å². The molecule has 2 nitrogen and oxygen atoms in total. The van der Waals surface area contributed by atoms with Gasteiger partial charge in [0.1, 0.15) is 0 Å². The molecule has 0 radical (unpaired) electrons. The van der Waals surface area contributed by atoms with E-state index in [-0.39, 0.29) is 0 Å². The van der Waals surface area contributed by atoms with E-state index in [0.29, 0.717) is 5.56 Å². The maximum absolute atomic E-state index is 10.7. The molecule has 1 aromatic heterocycles. The number of rotatable bonds is 4. The van der Waals surface area contributed by atoms with Crippen LogP contribution in [-0.4, -0.2) is 11.3 Å². The number of aldehydes is 1. The monoisotopic (exact) mass is 225 g/mol. The van der Waals surface area contributed by atoms with Gasteiger partial charge in [0.2, 0.25) is 0 Å². The zero-order valence-electron chi connectivity index (χ0n) is 9.89. The van der Waals surface area contributed by atoms with Crippen LogP contribution < -0.4 is 0 Å². The van der Waals surface area contributed by atoms with Crippen molar-refractivity contribution in [1.29, 1.82) is 0 Å². The average molecular weight is 225 g/mol. The normalized spacial score (nSPS) is 10.2. The van der Waals surface area contributed by atoms with Crippen LogP contribution in [0.1, 0.15) is 34.0 Å². The molecule has 0 aliphatic carbocycles. The van der Waals surface area contributed by atoms with Crippen molar-refractivity contribution >= 4 is 6.29 Å². The molecule has 2 rings (SSSR count). The van der Waals surface area contributed by atoms with Gasteiger partial charge >= 0.3 is 0 Å². The fourth-order valence-electron chi connectivity index (χ4n) is 1.80. The van der Waals surface area contributed by atoms with Gasteiger partial charge in [-0.25, -0.2) is 0 Å². The van der Waals surface area contributed by atoms with Gasteiger partial charge in [-0.2, -0.15) is 0 Å². The van der Waals surface area contributed by atoms with Crippen molar-refractivity contribution in [1.82, 2.24) is 4.98 Å². The number of aromatic nitrogens is 1. The van der Waals surface area contributed by atoms with E-state index in [1.807, 2.05) is 6.07 Å². The molecule has 2 heteroatoms. The fourth-order valence-corrected chi connectivity index (χ4v) is 1.80. The molecule has 0 unspecified atom stereocenters. The van der Waals surface area contributed by atoms with Crippen molar-refractivity contribution < 1.29 is 4.79 Å². The Balaban J connectivity index is 2.16. The van der Waals surface area contributed by atoms with Gasteiger partial charge in [0, 0.05) is 18.0 Å². The van der Waals surface area contributed by atoms with Gasteiger partial charge in [-0.15, -0.1) is 0 Å². The first-order chi connectivity index (χ1) is 8.31. The second-order valence-electron chi connectivity index (χ2n) is 4.09. The summed E-state index contributed by atoms with van der Waals surface area (Å²) in [5.41, 5.74) is 4.28. The van der Waals surface area contributed by atoms with Crippen molar-refractivity contribution in [2.45, 2.75) is 19.8 Å². The number of benzene rings is 1. The predicted molar refractivity (Wildman–Crippen MR) is 68.3 cm³/mol. The lowest BCUT2D eigenvalue weighted by Gasteiger charge is -2.03. The summed E-state index contributed by atoms with van der Waals surface area (Å²) in [6.45, 7) is 2.15. The second kappa shape index (κ2) is 5.39. The molecule has 0 amide bonds. The highest BCUT2D eigenvalue weighted by Gasteiger charge is 1.99. The molecular weight excluding hydrogens is 210 g/mol. The van der Waals surface area contributed by atoms with Gasteiger partial charge in [0.15, 0.2) is 6.29 Å². The van der Waals surface area contributed by atoms with E-state index in [1.165, 1.54) is 11.1 Å². The third kappa shape index (κ3) is 3.00. The van der Waals surface area contributed by atoms with Crippen LogP contribution in [0.25, 0.3) is 0 Å². The Morgan fingerprint density at radius 2 is 1.76 bits per heavy atom. The maximum atomic E-state index is 10.7. The molecule has 0 fully saturated rings. The van der Waals surface area contributed by atoms with Crippen molar-refractivity contribution in [3.05, 3.63) is 65.0 Å². The zero-order valence-corrected chi connectivity index (χ0v) is 9.89. The number of aryl methyl sites for hydroxylation is 1. The molecule has 1 aromatic carbocycles. The Kier molecular flexibility index (Phi) is 3.66. The zero-order chi connectivity index (χ0) is 12.1. The number of hydrogen-bond donors (Lipinski definition) is 0. The first-order valence-corrected chi connectivity index (χ1v) is 5.78. The fraction of sp³-hybridized carbons (Fsp3) is 0.200. The summed E-state index contributed by atoms with van der Waals surface area (Å²) in [7, 11) is 0. The molecule has 0 saturated heterocycles. The highest BCUT2D eigenvalue weighted by Crippen LogP contribution is 2.11. The quantitative estimate of drug-likeness (QED) is 0.748. The Bertz CT molecular complexity index is 503. The van der Waals surface area contributed by atoms with Gasteiger partial charge in [-0.1, -0.05) is 31.2 Å². The minimum absolute atomic E-state index is 0.632.